The van der Waals surface area contributed by atoms with Gasteiger partial charge in [0.1, 0.15) is 11.3 Å². The SMILES string of the molecule is CCC(NC)c1nc2cccnc2n1C1CC1. The Hall–Kier alpha value is -1.42. The summed E-state index contributed by atoms with van der Waals surface area (Å²) >= 11 is 0. The van der Waals surface area contributed by atoms with Gasteiger partial charge in [-0.1, -0.05) is 6.92 Å². The van der Waals surface area contributed by atoms with E-state index < -0.39 is 0 Å². The van der Waals surface area contributed by atoms with E-state index in [0.717, 1.165) is 23.4 Å². The molecule has 1 saturated carbocycles. The molecule has 90 valence electrons. The molecule has 2 aromatic heterocycles. The van der Waals surface area contributed by atoms with Crippen LogP contribution in [0.5, 0.6) is 0 Å². The van der Waals surface area contributed by atoms with Crippen LogP contribution in [-0.2, 0) is 0 Å². The van der Waals surface area contributed by atoms with E-state index in [9.17, 15) is 0 Å². The molecule has 1 N–H and O–H groups in total. The first-order valence-corrected chi connectivity index (χ1v) is 6.35. The predicted molar refractivity (Wildman–Crippen MR) is 67.9 cm³/mol. The van der Waals surface area contributed by atoms with Crippen molar-refractivity contribution in [3.63, 3.8) is 0 Å². The molecule has 0 amide bonds. The smallest absolute Gasteiger partial charge is 0.160 e. The van der Waals surface area contributed by atoms with Crippen molar-refractivity contribution in [3.05, 3.63) is 24.2 Å². The number of pyridine rings is 1. The molecule has 17 heavy (non-hydrogen) atoms. The van der Waals surface area contributed by atoms with Crippen LogP contribution in [0.2, 0.25) is 0 Å². The monoisotopic (exact) mass is 230 g/mol. The largest absolute Gasteiger partial charge is 0.310 e. The molecule has 0 aromatic carbocycles. The number of rotatable bonds is 4. The first kappa shape index (κ1) is 10.7. The van der Waals surface area contributed by atoms with Crippen LogP contribution >= 0.6 is 0 Å². The third kappa shape index (κ3) is 1.72. The van der Waals surface area contributed by atoms with Gasteiger partial charge in [-0.15, -0.1) is 0 Å². The third-order valence-electron chi connectivity index (χ3n) is 3.46. The number of hydrogen-bond acceptors (Lipinski definition) is 3. The van der Waals surface area contributed by atoms with E-state index in [2.05, 4.69) is 21.8 Å². The first-order valence-electron chi connectivity index (χ1n) is 6.35. The number of nitrogens with zero attached hydrogens (tertiary/aromatic N) is 3. The van der Waals surface area contributed by atoms with Crippen LogP contribution in [0.4, 0.5) is 0 Å². The van der Waals surface area contributed by atoms with Crippen LogP contribution in [0.1, 0.15) is 44.1 Å². The van der Waals surface area contributed by atoms with Crippen LogP contribution in [0.25, 0.3) is 11.2 Å². The Morgan fingerprint density at radius 2 is 2.35 bits per heavy atom. The Bertz CT molecular complexity index is 523. The Morgan fingerprint density at radius 3 is 3.00 bits per heavy atom. The number of nitrogens with one attached hydrogen (secondary N) is 1. The number of aromatic nitrogens is 3. The maximum absolute atomic E-state index is 4.75. The lowest BCUT2D eigenvalue weighted by Gasteiger charge is -2.15. The Kier molecular flexibility index (Phi) is 2.59. The van der Waals surface area contributed by atoms with Crippen molar-refractivity contribution in [2.75, 3.05) is 7.05 Å². The number of imidazole rings is 1. The molecule has 1 aliphatic rings. The summed E-state index contributed by atoms with van der Waals surface area (Å²) in [6.45, 7) is 2.19. The zero-order valence-electron chi connectivity index (χ0n) is 10.3. The van der Waals surface area contributed by atoms with Crippen molar-refractivity contribution in [2.45, 2.75) is 38.3 Å². The highest BCUT2D eigenvalue weighted by Crippen LogP contribution is 2.39. The minimum absolute atomic E-state index is 0.324. The Balaban J connectivity index is 2.18. The van der Waals surface area contributed by atoms with Gasteiger partial charge in [-0.25, -0.2) is 9.97 Å². The summed E-state index contributed by atoms with van der Waals surface area (Å²) in [6, 6.07) is 4.95. The standard InChI is InChI=1S/C13H18N4/c1-3-10(14-2)13-16-11-5-4-8-15-12(11)17(13)9-6-7-9/h4-5,8-10,14H,3,6-7H2,1-2H3. The average molecular weight is 230 g/mol. The van der Waals surface area contributed by atoms with Gasteiger partial charge in [0.25, 0.3) is 0 Å². The summed E-state index contributed by atoms with van der Waals surface area (Å²) in [6.07, 6.45) is 5.42. The van der Waals surface area contributed by atoms with Gasteiger partial charge in [-0.05, 0) is 38.4 Å². The molecular formula is C13H18N4. The molecule has 1 aliphatic carbocycles. The second-order valence-electron chi connectivity index (χ2n) is 4.67. The molecule has 0 aliphatic heterocycles. The summed E-state index contributed by atoms with van der Waals surface area (Å²) in [4.78, 5) is 9.24. The lowest BCUT2D eigenvalue weighted by Crippen LogP contribution is -2.20. The Labute approximate surface area is 101 Å². The van der Waals surface area contributed by atoms with Gasteiger partial charge in [0, 0.05) is 12.2 Å². The summed E-state index contributed by atoms with van der Waals surface area (Å²) in [5.41, 5.74) is 2.06. The molecule has 1 atom stereocenters. The fourth-order valence-corrected chi connectivity index (χ4v) is 2.40. The molecule has 0 saturated heterocycles. The highest BCUT2D eigenvalue weighted by Gasteiger charge is 2.30. The second-order valence-corrected chi connectivity index (χ2v) is 4.67. The van der Waals surface area contributed by atoms with Gasteiger partial charge in [0.15, 0.2) is 5.65 Å². The van der Waals surface area contributed by atoms with E-state index in [0.29, 0.717) is 12.1 Å². The maximum atomic E-state index is 4.75. The minimum atomic E-state index is 0.324. The molecule has 4 nitrogen and oxygen atoms in total. The van der Waals surface area contributed by atoms with Crippen molar-refractivity contribution < 1.29 is 0 Å². The molecule has 1 unspecified atom stereocenters. The van der Waals surface area contributed by atoms with Gasteiger partial charge in [-0.3, -0.25) is 0 Å². The van der Waals surface area contributed by atoms with Crippen molar-refractivity contribution in [2.24, 2.45) is 0 Å². The zero-order chi connectivity index (χ0) is 11.8. The highest BCUT2D eigenvalue weighted by atomic mass is 15.2. The molecule has 0 spiro atoms. The molecule has 0 bridgehead atoms. The van der Waals surface area contributed by atoms with Gasteiger partial charge in [0.2, 0.25) is 0 Å². The van der Waals surface area contributed by atoms with E-state index in [-0.39, 0.29) is 0 Å². The Morgan fingerprint density at radius 1 is 1.53 bits per heavy atom. The summed E-state index contributed by atoms with van der Waals surface area (Å²) in [5, 5.41) is 3.34. The van der Waals surface area contributed by atoms with E-state index in [1.54, 1.807) is 0 Å². The van der Waals surface area contributed by atoms with Crippen LogP contribution in [0.3, 0.4) is 0 Å². The highest BCUT2D eigenvalue weighted by molar-refractivity contribution is 5.71. The van der Waals surface area contributed by atoms with Crippen molar-refractivity contribution in [3.8, 4) is 0 Å². The quantitative estimate of drug-likeness (QED) is 0.877. The predicted octanol–water partition coefficient (Wildman–Crippen LogP) is 2.44. The van der Waals surface area contributed by atoms with E-state index >= 15 is 0 Å². The van der Waals surface area contributed by atoms with Crippen molar-refractivity contribution in [1.29, 1.82) is 0 Å². The lowest BCUT2D eigenvalue weighted by molar-refractivity contribution is 0.513. The molecule has 2 heterocycles. The van der Waals surface area contributed by atoms with Crippen LogP contribution in [0, 0.1) is 0 Å². The van der Waals surface area contributed by atoms with Gasteiger partial charge >= 0.3 is 0 Å². The topological polar surface area (TPSA) is 42.7 Å². The fraction of sp³-hybridized carbons (Fsp3) is 0.538. The van der Waals surface area contributed by atoms with Crippen LogP contribution < -0.4 is 5.32 Å². The molecular weight excluding hydrogens is 212 g/mol. The molecule has 4 heteroatoms. The van der Waals surface area contributed by atoms with E-state index in [4.69, 9.17) is 4.98 Å². The van der Waals surface area contributed by atoms with Gasteiger partial charge < -0.3 is 9.88 Å². The van der Waals surface area contributed by atoms with Crippen molar-refractivity contribution >= 4 is 11.2 Å². The molecule has 0 radical (unpaired) electrons. The van der Waals surface area contributed by atoms with E-state index in [1.165, 1.54) is 12.8 Å². The molecule has 3 rings (SSSR count). The number of fused-ring (bicyclic) bond motifs is 1. The van der Waals surface area contributed by atoms with Crippen LogP contribution in [-0.4, -0.2) is 21.6 Å². The van der Waals surface area contributed by atoms with Gasteiger partial charge in [-0.2, -0.15) is 0 Å². The molecule has 2 aromatic rings. The van der Waals surface area contributed by atoms with Crippen LogP contribution in [0.15, 0.2) is 18.3 Å². The maximum Gasteiger partial charge on any atom is 0.160 e. The minimum Gasteiger partial charge on any atom is -0.310 e. The zero-order valence-corrected chi connectivity index (χ0v) is 10.3. The number of hydrogen-bond donors (Lipinski definition) is 1. The summed E-state index contributed by atoms with van der Waals surface area (Å²) in [7, 11) is 2.00. The van der Waals surface area contributed by atoms with Crippen molar-refractivity contribution in [1.82, 2.24) is 19.9 Å². The fourth-order valence-electron chi connectivity index (χ4n) is 2.40. The van der Waals surface area contributed by atoms with E-state index in [1.807, 2.05) is 25.4 Å². The van der Waals surface area contributed by atoms with Gasteiger partial charge in [0.05, 0.1) is 6.04 Å². The third-order valence-corrected chi connectivity index (χ3v) is 3.46. The normalized spacial score (nSPS) is 17.5. The molecule has 1 fully saturated rings. The summed E-state index contributed by atoms with van der Waals surface area (Å²) < 4.78 is 2.33. The first-order chi connectivity index (χ1) is 8.35. The lowest BCUT2D eigenvalue weighted by atomic mass is 10.2. The summed E-state index contributed by atoms with van der Waals surface area (Å²) in [5.74, 6) is 1.14. The average Bonchev–Trinajstić information content (AvgIpc) is 3.12. The second kappa shape index (κ2) is 4.11.